The molecule has 0 radical (unpaired) electrons. The summed E-state index contributed by atoms with van der Waals surface area (Å²) in [5.74, 6) is -0.200. The van der Waals surface area contributed by atoms with Crippen LogP contribution in [0.2, 0.25) is 0 Å². The zero-order valence-electron chi connectivity index (χ0n) is 17.5. The van der Waals surface area contributed by atoms with Crippen molar-refractivity contribution in [3.05, 3.63) is 72.1 Å². The fraction of sp³-hybridized carbons (Fsp3) is 0.304. The van der Waals surface area contributed by atoms with Gasteiger partial charge in [-0.1, -0.05) is 42.5 Å². The number of benzene rings is 2. The van der Waals surface area contributed by atoms with Gasteiger partial charge in [-0.3, -0.25) is 9.48 Å². The maximum atomic E-state index is 11.3. The molecule has 7 nitrogen and oxygen atoms in total. The fourth-order valence-corrected chi connectivity index (χ4v) is 4.00. The van der Waals surface area contributed by atoms with E-state index in [1.54, 1.807) is 16.8 Å². The van der Waals surface area contributed by atoms with Gasteiger partial charge in [-0.05, 0) is 61.4 Å². The lowest BCUT2D eigenvalue weighted by atomic mass is 9.98. The molecule has 164 valence electrons. The minimum absolute atomic E-state index is 0.132. The number of nitrogens with zero attached hydrogens (tertiary/aromatic N) is 2. The Balaban J connectivity index is 0.000000176. The van der Waals surface area contributed by atoms with Crippen LogP contribution < -0.4 is 5.14 Å². The van der Waals surface area contributed by atoms with E-state index in [1.807, 2.05) is 43.5 Å². The van der Waals surface area contributed by atoms with Crippen molar-refractivity contribution in [3.63, 3.8) is 0 Å². The second kappa shape index (κ2) is 10.4. The number of carbonyl (C=O) groups excluding carboxylic acids is 1. The number of hydrogen-bond acceptors (Lipinski definition) is 5. The highest BCUT2D eigenvalue weighted by Crippen LogP contribution is 2.21. The molecule has 8 heteroatoms. The zero-order chi connectivity index (χ0) is 22.3. The Kier molecular flexibility index (Phi) is 7.59. The van der Waals surface area contributed by atoms with Gasteiger partial charge >= 0.3 is 5.97 Å². The van der Waals surface area contributed by atoms with Gasteiger partial charge in [-0.15, -0.1) is 0 Å². The Labute approximate surface area is 182 Å². The summed E-state index contributed by atoms with van der Waals surface area (Å²) < 4.78 is 28.8. The first-order valence-corrected chi connectivity index (χ1v) is 11.8. The zero-order valence-corrected chi connectivity index (χ0v) is 18.3. The number of ether oxygens (including phenoxy) is 1. The molecule has 2 aromatic carbocycles. The summed E-state index contributed by atoms with van der Waals surface area (Å²) in [6.07, 6.45) is 6.44. The number of sulfonamides is 1. The van der Waals surface area contributed by atoms with E-state index in [9.17, 15) is 13.2 Å². The number of hydrogen-bond donors (Lipinski definition) is 1. The molecule has 0 saturated carbocycles. The van der Waals surface area contributed by atoms with E-state index >= 15 is 0 Å². The summed E-state index contributed by atoms with van der Waals surface area (Å²) in [7, 11) is -3.60. The number of nitrogens with two attached hydrogens (primary N) is 1. The first-order valence-electron chi connectivity index (χ1n) is 10.3. The van der Waals surface area contributed by atoms with Crippen LogP contribution in [0.25, 0.3) is 11.1 Å². The largest absolute Gasteiger partial charge is 0.465 e. The van der Waals surface area contributed by atoms with Gasteiger partial charge in [0.1, 0.15) is 6.54 Å². The van der Waals surface area contributed by atoms with E-state index in [2.05, 4.69) is 5.10 Å². The average Bonchev–Trinajstić information content (AvgIpc) is 3.17. The predicted molar refractivity (Wildman–Crippen MR) is 119 cm³/mol. The number of fused-ring (bicyclic) bond motifs is 1. The lowest BCUT2D eigenvalue weighted by Crippen LogP contribution is -2.17. The number of aromatic nitrogens is 2. The van der Waals surface area contributed by atoms with Gasteiger partial charge in [0.25, 0.3) is 0 Å². The van der Waals surface area contributed by atoms with Gasteiger partial charge in [-0.2, -0.15) is 5.10 Å². The van der Waals surface area contributed by atoms with Crippen molar-refractivity contribution in [1.29, 1.82) is 0 Å². The van der Waals surface area contributed by atoms with E-state index in [1.165, 1.54) is 36.2 Å². The number of carbonyl (C=O) groups is 1. The van der Waals surface area contributed by atoms with Crippen LogP contribution >= 0.6 is 0 Å². The quantitative estimate of drug-likeness (QED) is 0.612. The summed E-state index contributed by atoms with van der Waals surface area (Å²) >= 11 is 0. The van der Waals surface area contributed by atoms with Crippen molar-refractivity contribution in [1.82, 2.24) is 9.78 Å². The van der Waals surface area contributed by atoms with E-state index in [4.69, 9.17) is 9.88 Å². The third kappa shape index (κ3) is 6.26. The minimum atomic E-state index is -3.60. The molecule has 4 rings (SSSR count). The van der Waals surface area contributed by atoms with Gasteiger partial charge in [0.2, 0.25) is 10.0 Å². The summed E-state index contributed by atoms with van der Waals surface area (Å²) in [6.45, 7) is 2.50. The Hall–Kier alpha value is -2.97. The normalized spacial score (nSPS) is 13.0. The molecule has 2 N–H and O–H groups in total. The van der Waals surface area contributed by atoms with Gasteiger partial charge < -0.3 is 4.74 Å². The van der Waals surface area contributed by atoms with Crippen LogP contribution in [-0.2, 0) is 38.9 Å². The van der Waals surface area contributed by atoms with E-state index in [0.717, 1.165) is 24.0 Å². The predicted octanol–water partition coefficient (Wildman–Crippen LogP) is 3.33. The van der Waals surface area contributed by atoms with Crippen molar-refractivity contribution in [3.8, 4) is 11.1 Å². The van der Waals surface area contributed by atoms with Crippen LogP contribution in [0.3, 0.4) is 0 Å². The maximum absolute atomic E-state index is 11.3. The first kappa shape index (κ1) is 22.7. The molecular weight excluding hydrogens is 414 g/mol. The molecule has 0 unspecified atom stereocenters. The Morgan fingerprint density at radius 3 is 2.32 bits per heavy atom. The van der Waals surface area contributed by atoms with Crippen LogP contribution in [0.15, 0.2) is 65.7 Å². The second-order valence-corrected chi connectivity index (χ2v) is 8.78. The molecule has 31 heavy (non-hydrogen) atoms. The molecule has 1 heterocycles. The molecule has 0 saturated heterocycles. The minimum Gasteiger partial charge on any atom is -0.465 e. The summed E-state index contributed by atoms with van der Waals surface area (Å²) in [5, 5.41) is 9.25. The van der Waals surface area contributed by atoms with Crippen molar-refractivity contribution in [2.24, 2.45) is 5.14 Å². The number of primary sulfonamides is 1. The Morgan fingerprint density at radius 2 is 1.68 bits per heavy atom. The molecule has 0 fully saturated rings. The average molecular weight is 442 g/mol. The number of aryl methyl sites for hydroxylation is 1. The number of rotatable bonds is 5. The van der Waals surface area contributed by atoms with E-state index < -0.39 is 10.0 Å². The van der Waals surface area contributed by atoms with Crippen LogP contribution in [0, 0.1) is 0 Å². The molecule has 0 spiro atoms. The molecule has 1 aliphatic carbocycles. The van der Waals surface area contributed by atoms with Gasteiger partial charge in [0.05, 0.1) is 17.7 Å². The summed E-state index contributed by atoms with van der Waals surface area (Å²) in [6, 6.07) is 16.2. The smallest absolute Gasteiger partial charge is 0.327 e. The molecule has 0 amide bonds. The van der Waals surface area contributed by atoms with Crippen molar-refractivity contribution >= 4 is 16.0 Å². The van der Waals surface area contributed by atoms with Crippen molar-refractivity contribution < 1.29 is 17.9 Å². The summed E-state index contributed by atoms with van der Waals surface area (Å²) in [4.78, 5) is 11.4. The van der Waals surface area contributed by atoms with Crippen LogP contribution in [0.4, 0.5) is 0 Å². The van der Waals surface area contributed by atoms with Gasteiger partial charge in [-0.25, -0.2) is 13.6 Å². The highest BCUT2D eigenvalue weighted by molar-refractivity contribution is 7.89. The van der Waals surface area contributed by atoms with E-state index in [-0.39, 0.29) is 17.4 Å². The van der Waals surface area contributed by atoms with Crippen molar-refractivity contribution in [2.75, 3.05) is 6.61 Å². The standard InChI is InChI=1S/C12H11NO2S.C11H16N2O2/c13-16(14,15)12-8-6-11(7-9-12)10-4-2-1-3-5-10;1-2-15-11(14)8-13-10-6-4-3-5-9(10)7-12-13/h1-9H,(H2,13,14,15);7H,2-6,8H2,1H3. The Morgan fingerprint density at radius 1 is 1.03 bits per heavy atom. The molecule has 0 aliphatic heterocycles. The monoisotopic (exact) mass is 441 g/mol. The molecule has 0 atom stereocenters. The highest BCUT2D eigenvalue weighted by Gasteiger charge is 2.16. The molecule has 0 bridgehead atoms. The van der Waals surface area contributed by atoms with Crippen molar-refractivity contribution in [2.45, 2.75) is 44.0 Å². The Bertz CT molecular complexity index is 1110. The lowest BCUT2D eigenvalue weighted by molar-refractivity contribution is -0.144. The molecular formula is C23H27N3O4S. The topological polar surface area (TPSA) is 104 Å². The first-order chi connectivity index (χ1) is 14.9. The van der Waals surface area contributed by atoms with Crippen LogP contribution in [-0.4, -0.2) is 30.8 Å². The molecule has 3 aromatic rings. The lowest BCUT2D eigenvalue weighted by Gasteiger charge is -2.13. The molecule has 1 aliphatic rings. The van der Waals surface area contributed by atoms with Gasteiger partial charge in [0, 0.05) is 5.69 Å². The van der Waals surface area contributed by atoms with Crippen LogP contribution in [0.5, 0.6) is 0 Å². The van der Waals surface area contributed by atoms with Gasteiger partial charge in [0.15, 0.2) is 0 Å². The number of esters is 1. The summed E-state index contributed by atoms with van der Waals surface area (Å²) in [5.41, 5.74) is 4.52. The highest BCUT2D eigenvalue weighted by atomic mass is 32.2. The van der Waals surface area contributed by atoms with E-state index in [0.29, 0.717) is 6.61 Å². The SMILES string of the molecule is CCOC(=O)Cn1ncc2c1CCCC2.NS(=O)(=O)c1ccc(-c2ccccc2)cc1. The van der Waals surface area contributed by atoms with Crippen LogP contribution in [0.1, 0.15) is 31.0 Å². The second-order valence-electron chi connectivity index (χ2n) is 7.22. The maximum Gasteiger partial charge on any atom is 0.327 e. The fourth-order valence-electron chi connectivity index (χ4n) is 3.49. The third-order valence-electron chi connectivity index (χ3n) is 5.02. The third-order valence-corrected chi connectivity index (χ3v) is 5.95. The molecule has 1 aromatic heterocycles.